The second kappa shape index (κ2) is 3.70. The maximum atomic E-state index is 5.04. The molecule has 0 radical (unpaired) electrons. The first-order valence-electron chi connectivity index (χ1n) is 5.55. The molecule has 3 rings (SSSR count). The van der Waals surface area contributed by atoms with Crippen molar-refractivity contribution < 1.29 is 4.52 Å². The van der Waals surface area contributed by atoms with E-state index in [4.69, 9.17) is 4.52 Å². The average molecular weight is 224 g/mol. The highest BCUT2D eigenvalue weighted by molar-refractivity contribution is 5.96. The van der Waals surface area contributed by atoms with E-state index in [9.17, 15) is 0 Å². The Bertz CT molecular complexity index is 686. The summed E-state index contributed by atoms with van der Waals surface area (Å²) in [5.74, 6) is 1.24. The van der Waals surface area contributed by atoms with Gasteiger partial charge in [-0.05, 0) is 23.3 Å². The Morgan fingerprint density at radius 1 is 0.941 bits per heavy atom. The van der Waals surface area contributed by atoms with Crippen LogP contribution in [0.25, 0.3) is 22.2 Å². The van der Waals surface area contributed by atoms with Crippen molar-refractivity contribution in [1.29, 1.82) is 0 Å². The van der Waals surface area contributed by atoms with Crippen molar-refractivity contribution in [1.82, 2.24) is 10.1 Å². The van der Waals surface area contributed by atoms with Gasteiger partial charge in [-0.1, -0.05) is 41.6 Å². The Morgan fingerprint density at radius 3 is 2.47 bits per heavy atom. The maximum absolute atomic E-state index is 5.04. The quantitative estimate of drug-likeness (QED) is 0.635. The topological polar surface area (TPSA) is 38.9 Å². The van der Waals surface area contributed by atoms with Crippen molar-refractivity contribution in [3.05, 3.63) is 47.9 Å². The van der Waals surface area contributed by atoms with E-state index < -0.39 is 0 Å². The molecule has 0 aliphatic carbocycles. The molecule has 0 saturated heterocycles. The minimum atomic E-state index is 0.588. The van der Waals surface area contributed by atoms with Crippen molar-refractivity contribution in [2.24, 2.45) is 0 Å². The van der Waals surface area contributed by atoms with Crippen molar-refractivity contribution in [3.63, 3.8) is 0 Å². The first-order chi connectivity index (χ1) is 8.25. The molecule has 0 atom stereocenters. The van der Waals surface area contributed by atoms with Crippen LogP contribution >= 0.6 is 0 Å². The molecule has 0 saturated carbocycles. The van der Waals surface area contributed by atoms with Crippen LogP contribution in [0.15, 0.2) is 40.9 Å². The van der Waals surface area contributed by atoms with Gasteiger partial charge in [-0.15, -0.1) is 0 Å². The molecule has 3 aromatic rings. The van der Waals surface area contributed by atoms with Crippen LogP contribution in [0.2, 0.25) is 0 Å². The van der Waals surface area contributed by atoms with E-state index in [1.165, 1.54) is 10.9 Å². The van der Waals surface area contributed by atoms with Gasteiger partial charge in [-0.25, -0.2) is 0 Å². The van der Waals surface area contributed by atoms with Crippen LogP contribution in [-0.2, 0) is 0 Å². The molecule has 1 aromatic heterocycles. The predicted octanol–water partition coefficient (Wildman–Crippen LogP) is 3.51. The highest BCUT2D eigenvalue weighted by Gasteiger charge is 2.09. The summed E-state index contributed by atoms with van der Waals surface area (Å²) in [7, 11) is 0. The van der Waals surface area contributed by atoms with E-state index in [1.807, 2.05) is 18.2 Å². The molecule has 0 N–H and O–H groups in total. The molecule has 0 spiro atoms. The Labute approximate surface area is 99.1 Å². The summed E-state index contributed by atoms with van der Waals surface area (Å²) in [5.41, 5.74) is 2.27. The summed E-state index contributed by atoms with van der Waals surface area (Å²) < 4.78 is 5.04. The molecule has 0 aliphatic heterocycles. The van der Waals surface area contributed by atoms with Gasteiger partial charge in [0.05, 0.1) is 0 Å². The number of nitrogens with zero attached hydrogens (tertiary/aromatic N) is 2. The normalized spacial score (nSPS) is 10.9. The summed E-state index contributed by atoms with van der Waals surface area (Å²) in [6.07, 6.45) is 0. The van der Waals surface area contributed by atoms with Gasteiger partial charge in [-0.2, -0.15) is 4.98 Å². The number of rotatable bonds is 1. The fraction of sp³-hybridized carbons (Fsp3) is 0.143. The van der Waals surface area contributed by atoms with Crippen molar-refractivity contribution in [2.75, 3.05) is 0 Å². The molecule has 1 heterocycles. The molecule has 0 bridgehead atoms. The Hall–Kier alpha value is -2.16. The largest absolute Gasteiger partial charge is 0.339 e. The predicted molar refractivity (Wildman–Crippen MR) is 66.7 cm³/mol. The third-order valence-electron chi connectivity index (χ3n) is 2.91. The number of hydrogen-bond donors (Lipinski definition) is 0. The van der Waals surface area contributed by atoms with Gasteiger partial charge in [0.2, 0.25) is 11.7 Å². The van der Waals surface area contributed by atoms with E-state index in [0.29, 0.717) is 11.7 Å². The Balaban J connectivity index is 2.34. The van der Waals surface area contributed by atoms with Crippen LogP contribution in [0.5, 0.6) is 0 Å². The molecule has 0 unspecified atom stereocenters. The van der Waals surface area contributed by atoms with Crippen molar-refractivity contribution >= 4 is 10.8 Å². The molecule has 84 valence electrons. The number of benzene rings is 2. The first kappa shape index (κ1) is 10.0. The minimum Gasteiger partial charge on any atom is -0.339 e. The minimum absolute atomic E-state index is 0.588. The average Bonchev–Trinajstić information content (AvgIpc) is 2.76. The van der Waals surface area contributed by atoms with Gasteiger partial charge in [0.15, 0.2) is 0 Å². The molecule has 17 heavy (non-hydrogen) atoms. The lowest BCUT2D eigenvalue weighted by Gasteiger charge is -2.04. The number of fused-ring (bicyclic) bond motifs is 1. The van der Waals surface area contributed by atoms with E-state index in [1.54, 1.807) is 6.92 Å². The zero-order valence-corrected chi connectivity index (χ0v) is 9.77. The first-order valence-corrected chi connectivity index (χ1v) is 5.55. The van der Waals surface area contributed by atoms with Crippen LogP contribution in [0.3, 0.4) is 0 Å². The fourth-order valence-electron chi connectivity index (χ4n) is 2.07. The number of aryl methyl sites for hydroxylation is 2. The summed E-state index contributed by atoms with van der Waals surface area (Å²) in [5, 5.41) is 6.37. The van der Waals surface area contributed by atoms with Crippen LogP contribution < -0.4 is 0 Å². The summed E-state index contributed by atoms with van der Waals surface area (Å²) in [6.45, 7) is 3.90. The highest BCUT2D eigenvalue weighted by atomic mass is 16.5. The van der Waals surface area contributed by atoms with Gasteiger partial charge in [0.1, 0.15) is 0 Å². The third kappa shape index (κ3) is 1.60. The van der Waals surface area contributed by atoms with Gasteiger partial charge < -0.3 is 4.52 Å². The monoisotopic (exact) mass is 224 g/mol. The third-order valence-corrected chi connectivity index (χ3v) is 2.91. The maximum Gasteiger partial charge on any atom is 0.223 e. The zero-order valence-electron chi connectivity index (χ0n) is 9.77. The fourth-order valence-corrected chi connectivity index (χ4v) is 2.07. The molecule has 0 aliphatic rings. The second-order valence-corrected chi connectivity index (χ2v) is 4.11. The summed E-state index contributed by atoms with van der Waals surface area (Å²) in [6, 6.07) is 12.4. The van der Waals surface area contributed by atoms with Crippen LogP contribution in [-0.4, -0.2) is 10.1 Å². The van der Waals surface area contributed by atoms with E-state index in [0.717, 1.165) is 10.9 Å². The number of aromatic nitrogens is 2. The SMILES string of the molecule is Cc1nc(-c2cccc3c(C)cccc23)no1. The van der Waals surface area contributed by atoms with E-state index >= 15 is 0 Å². The van der Waals surface area contributed by atoms with E-state index in [2.05, 4.69) is 35.3 Å². The summed E-state index contributed by atoms with van der Waals surface area (Å²) >= 11 is 0. The smallest absolute Gasteiger partial charge is 0.223 e. The van der Waals surface area contributed by atoms with Gasteiger partial charge in [0, 0.05) is 12.5 Å². The van der Waals surface area contributed by atoms with E-state index in [-0.39, 0.29) is 0 Å². The lowest BCUT2D eigenvalue weighted by molar-refractivity contribution is 0.394. The lowest BCUT2D eigenvalue weighted by atomic mass is 10.0. The van der Waals surface area contributed by atoms with Gasteiger partial charge in [-0.3, -0.25) is 0 Å². The standard InChI is InChI=1S/C14H12N2O/c1-9-5-3-7-12-11(9)6-4-8-13(12)14-15-10(2)17-16-14/h3-8H,1-2H3. The number of hydrogen-bond acceptors (Lipinski definition) is 3. The highest BCUT2D eigenvalue weighted by Crippen LogP contribution is 2.28. The molecule has 3 nitrogen and oxygen atoms in total. The van der Waals surface area contributed by atoms with Crippen LogP contribution in [0.1, 0.15) is 11.5 Å². The Morgan fingerprint density at radius 2 is 1.71 bits per heavy atom. The van der Waals surface area contributed by atoms with Gasteiger partial charge in [0.25, 0.3) is 0 Å². The Kier molecular flexibility index (Phi) is 2.18. The van der Waals surface area contributed by atoms with Crippen molar-refractivity contribution in [3.8, 4) is 11.4 Å². The molecular formula is C14H12N2O. The molecule has 0 amide bonds. The van der Waals surface area contributed by atoms with Crippen molar-refractivity contribution in [2.45, 2.75) is 13.8 Å². The lowest BCUT2D eigenvalue weighted by Crippen LogP contribution is -1.85. The molecule has 2 aromatic carbocycles. The molecule has 3 heteroatoms. The molecular weight excluding hydrogens is 212 g/mol. The second-order valence-electron chi connectivity index (χ2n) is 4.11. The van der Waals surface area contributed by atoms with Crippen LogP contribution in [0, 0.1) is 13.8 Å². The van der Waals surface area contributed by atoms with Gasteiger partial charge >= 0.3 is 0 Å². The summed E-state index contributed by atoms with van der Waals surface area (Å²) in [4.78, 5) is 4.28. The molecule has 0 fully saturated rings. The van der Waals surface area contributed by atoms with Crippen LogP contribution in [0.4, 0.5) is 0 Å². The zero-order chi connectivity index (χ0) is 11.8.